The van der Waals surface area contributed by atoms with Crippen molar-refractivity contribution in [2.75, 3.05) is 0 Å². The van der Waals surface area contributed by atoms with Crippen molar-refractivity contribution in [2.45, 2.75) is 0 Å². The summed E-state index contributed by atoms with van der Waals surface area (Å²) in [7, 11) is -3.37. The van der Waals surface area contributed by atoms with Crippen LogP contribution in [0.15, 0.2) is 140 Å². The van der Waals surface area contributed by atoms with E-state index in [4.69, 9.17) is 9.47 Å². The van der Waals surface area contributed by atoms with Gasteiger partial charge in [-0.1, -0.05) is 109 Å². The smallest absolute Gasteiger partial charge is 0.185 e. The molecule has 2 aliphatic rings. The molecule has 6 aromatic rings. The lowest BCUT2D eigenvalue weighted by molar-refractivity contribution is 0.463. The van der Waals surface area contributed by atoms with Crippen LogP contribution < -0.4 is 25.4 Å². The average molecular weight is 535 g/mol. The highest BCUT2D eigenvalue weighted by Crippen LogP contribution is 2.60. The van der Waals surface area contributed by atoms with Gasteiger partial charge in [-0.15, -0.1) is 0 Å². The van der Waals surface area contributed by atoms with Gasteiger partial charge in [0.2, 0.25) is 0 Å². The van der Waals surface area contributed by atoms with Gasteiger partial charge in [-0.2, -0.15) is 0 Å². The zero-order chi connectivity index (χ0) is 26.7. The first-order valence-corrected chi connectivity index (χ1v) is 15.0. The van der Waals surface area contributed by atoms with Crippen LogP contribution in [0.4, 0.5) is 0 Å². The summed E-state index contributed by atoms with van der Waals surface area (Å²) in [4.78, 5) is 0. The molecule has 3 nitrogen and oxygen atoms in total. The third-order valence-corrected chi connectivity index (χ3v) is 10.8. The second-order valence-electron chi connectivity index (χ2n) is 10.1. The summed E-state index contributed by atoms with van der Waals surface area (Å²) >= 11 is 0. The highest BCUT2D eigenvalue weighted by atomic mass is 31.2. The van der Waals surface area contributed by atoms with Gasteiger partial charge in [0.1, 0.15) is 28.3 Å². The Morgan fingerprint density at radius 3 is 1.70 bits per heavy atom. The predicted molar refractivity (Wildman–Crippen MR) is 162 cm³/mol. The van der Waals surface area contributed by atoms with Crippen LogP contribution in [0.2, 0.25) is 0 Å². The minimum atomic E-state index is -3.37. The fourth-order valence-electron chi connectivity index (χ4n) is 5.83. The maximum atomic E-state index is 15.8. The van der Waals surface area contributed by atoms with E-state index in [0.717, 1.165) is 33.4 Å². The largest absolute Gasteiger partial charge is 0.456 e. The zero-order valence-corrected chi connectivity index (χ0v) is 22.3. The molecule has 0 bridgehead atoms. The quantitative estimate of drug-likeness (QED) is 0.213. The Morgan fingerprint density at radius 2 is 1.02 bits per heavy atom. The van der Waals surface area contributed by atoms with Crippen LogP contribution in [0.1, 0.15) is 0 Å². The lowest BCUT2D eigenvalue weighted by Gasteiger charge is -2.36. The topological polar surface area (TPSA) is 35.5 Å². The van der Waals surface area contributed by atoms with E-state index in [1.54, 1.807) is 0 Å². The van der Waals surface area contributed by atoms with Crippen molar-refractivity contribution in [1.29, 1.82) is 0 Å². The molecule has 1 unspecified atom stereocenters. The normalized spacial score (nSPS) is 16.1. The molecule has 0 aliphatic carbocycles. The van der Waals surface area contributed by atoms with Crippen molar-refractivity contribution in [1.82, 2.24) is 0 Å². The molecule has 2 aliphatic heterocycles. The average Bonchev–Trinajstić information content (AvgIpc) is 3.02. The van der Waals surface area contributed by atoms with Gasteiger partial charge in [-0.25, -0.2) is 0 Å². The Kier molecular flexibility index (Phi) is 5.10. The summed E-state index contributed by atoms with van der Waals surface area (Å²) in [6.45, 7) is 0. The number of rotatable bonds is 3. The Balaban J connectivity index is 1.43. The van der Waals surface area contributed by atoms with Gasteiger partial charge >= 0.3 is 0 Å². The molecule has 0 N–H and O–H groups in total. The van der Waals surface area contributed by atoms with Crippen molar-refractivity contribution in [3.8, 4) is 56.4 Å². The zero-order valence-electron chi connectivity index (χ0n) is 21.5. The first-order chi connectivity index (χ1) is 19.7. The van der Waals surface area contributed by atoms with Crippen LogP contribution in [0.3, 0.4) is 0 Å². The molecule has 4 heteroatoms. The third-order valence-electron chi connectivity index (χ3n) is 7.72. The summed E-state index contributed by atoms with van der Waals surface area (Å²) < 4.78 is 29.0. The lowest BCUT2D eigenvalue weighted by Crippen LogP contribution is -2.35. The molecule has 8 rings (SSSR count). The van der Waals surface area contributed by atoms with Crippen molar-refractivity contribution < 1.29 is 14.0 Å². The fourth-order valence-corrected chi connectivity index (χ4v) is 8.91. The number of fused-ring (bicyclic) bond motifs is 4. The molecular weight excluding hydrogens is 511 g/mol. The highest BCUT2D eigenvalue weighted by molar-refractivity contribution is 7.86. The monoisotopic (exact) mass is 534 g/mol. The molecule has 0 saturated heterocycles. The Hall–Kier alpha value is -4.85. The summed E-state index contributed by atoms with van der Waals surface area (Å²) in [5.41, 5.74) is 5.98. The SMILES string of the molecule is O=P12c3cc(-c4ccccc4)ccc3Oc3cc(-c4ccccc4)cc(c31)Oc1c(-c3ccccc3)cccc12. The number of hydrogen-bond acceptors (Lipinski definition) is 3. The maximum absolute atomic E-state index is 15.8. The first kappa shape index (κ1) is 23.1. The van der Waals surface area contributed by atoms with Crippen LogP contribution in [0, 0.1) is 0 Å². The van der Waals surface area contributed by atoms with E-state index < -0.39 is 7.14 Å². The van der Waals surface area contributed by atoms with Gasteiger partial charge in [0.25, 0.3) is 0 Å². The molecule has 6 aromatic carbocycles. The van der Waals surface area contributed by atoms with Gasteiger partial charge in [-0.05, 0) is 58.1 Å². The minimum Gasteiger partial charge on any atom is -0.456 e. The van der Waals surface area contributed by atoms with Crippen LogP contribution >= 0.6 is 7.14 Å². The lowest BCUT2D eigenvalue weighted by atomic mass is 10.0. The predicted octanol–water partition coefficient (Wildman–Crippen LogP) is 8.54. The van der Waals surface area contributed by atoms with Crippen LogP contribution in [0.5, 0.6) is 23.0 Å². The van der Waals surface area contributed by atoms with Crippen molar-refractivity contribution in [3.05, 3.63) is 140 Å². The maximum Gasteiger partial charge on any atom is 0.185 e. The number of hydrogen-bond donors (Lipinski definition) is 0. The molecule has 0 amide bonds. The number of benzene rings is 6. The van der Waals surface area contributed by atoms with Crippen LogP contribution in [-0.4, -0.2) is 0 Å². The summed E-state index contributed by atoms with van der Waals surface area (Å²) in [5.74, 6) is 2.41. The van der Waals surface area contributed by atoms with Gasteiger partial charge < -0.3 is 14.0 Å². The third kappa shape index (κ3) is 3.42. The second kappa shape index (κ2) is 8.84. The second-order valence-corrected chi connectivity index (χ2v) is 12.7. The highest BCUT2D eigenvalue weighted by Gasteiger charge is 2.47. The molecule has 1 atom stereocenters. The molecule has 0 saturated carbocycles. The summed E-state index contributed by atoms with van der Waals surface area (Å²) in [6.07, 6.45) is 0. The molecule has 0 fully saturated rings. The van der Waals surface area contributed by atoms with Crippen molar-refractivity contribution >= 4 is 23.1 Å². The van der Waals surface area contributed by atoms with E-state index in [-0.39, 0.29) is 0 Å². The van der Waals surface area contributed by atoms with E-state index in [2.05, 4.69) is 36.4 Å². The molecule has 190 valence electrons. The Bertz CT molecular complexity index is 1960. The molecular formula is C36H23O3P. The number of ether oxygens (including phenoxy) is 2. The van der Waals surface area contributed by atoms with Crippen molar-refractivity contribution in [2.24, 2.45) is 0 Å². The molecule has 40 heavy (non-hydrogen) atoms. The van der Waals surface area contributed by atoms with E-state index in [0.29, 0.717) is 38.9 Å². The van der Waals surface area contributed by atoms with Gasteiger partial charge in [0, 0.05) is 5.56 Å². The van der Waals surface area contributed by atoms with Crippen LogP contribution in [-0.2, 0) is 4.57 Å². The van der Waals surface area contributed by atoms with Gasteiger partial charge in [0.15, 0.2) is 7.14 Å². The van der Waals surface area contributed by atoms with E-state index >= 15 is 4.57 Å². The van der Waals surface area contributed by atoms with Gasteiger partial charge in [0.05, 0.1) is 10.6 Å². The molecule has 0 radical (unpaired) electrons. The Morgan fingerprint density at radius 1 is 0.425 bits per heavy atom. The van der Waals surface area contributed by atoms with E-state index in [9.17, 15) is 0 Å². The van der Waals surface area contributed by atoms with Gasteiger partial charge in [-0.3, -0.25) is 0 Å². The van der Waals surface area contributed by atoms with Crippen LogP contribution in [0.25, 0.3) is 33.4 Å². The summed E-state index contributed by atoms with van der Waals surface area (Å²) in [6, 6.07) is 46.4. The minimum absolute atomic E-state index is 0.575. The standard InChI is InChI=1S/C36H23O3P/c37-40-33-18-10-17-29(26-15-8-3-9-16-26)35(33)39-32-22-28(25-13-6-2-7-14-25)21-31(36(32)40)38-30-20-19-27(23-34(30)40)24-11-4-1-5-12-24/h1-23H. The fraction of sp³-hybridized carbons (Fsp3) is 0. The molecule has 2 heterocycles. The first-order valence-electron chi connectivity index (χ1n) is 13.3. The molecule has 0 aromatic heterocycles. The van der Waals surface area contributed by atoms with E-state index in [1.165, 1.54) is 0 Å². The van der Waals surface area contributed by atoms with E-state index in [1.807, 2.05) is 103 Å². The summed E-state index contributed by atoms with van der Waals surface area (Å²) in [5, 5.41) is 2.03. The van der Waals surface area contributed by atoms with Crippen molar-refractivity contribution in [3.63, 3.8) is 0 Å². The molecule has 0 spiro atoms. The number of para-hydroxylation sites is 1. The Labute approximate surface area is 232 Å².